The summed E-state index contributed by atoms with van der Waals surface area (Å²) in [5, 5.41) is 11.2. The number of nitrogens with one attached hydrogen (secondary N) is 1. The third kappa shape index (κ3) is 1.89. The Hall–Kier alpha value is -2.40. The molecular formula is C17H17N3O2. The van der Waals surface area contributed by atoms with Crippen LogP contribution in [0.5, 0.6) is 0 Å². The third-order valence-electron chi connectivity index (χ3n) is 4.57. The SMILES string of the molecule is Cn1cc(C(=O)[C@H]2Cc3nc[nH]c3[C@@H](O)C2)c2ccccc21. The molecule has 1 aliphatic carbocycles. The van der Waals surface area contributed by atoms with Crippen molar-refractivity contribution in [2.45, 2.75) is 18.9 Å². The van der Waals surface area contributed by atoms with Gasteiger partial charge in [-0.15, -0.1) is 0 Å². The molecule has 3 aromatic rings. The number of aryl methyl sites for hydroxylation is 1. The molecule has 0 saturated heterocycles. The number of hydrogen-bond acceptors (Lipinski definition) is 3. The van der Waals surface area contributed by atoms with Crippen LogP contribution in [0, 0.1) is 5.92 Å². The zero-order chi connectivity index (χ0) is 15.3. The van der Waals surface area contributed by atoms with E-state index in [4.69, 9.17) is 0 Å². The standard InChI is InChI=1S/C17H17N3O2/c1-20-8-12(11-4-2-3-5-14(11)20)17(22)10-6-13-16(15(21)7-10)19-9-18-13/h2-5,8-10,15,21H,6-7H2,1H3,(H,18,19)/t10-,15-/m0/s1. The summed E-state index contributed by atoms with van der Waals surface area (Å²) in [5.41, 5.74) is 3.33. The third-order valence-corrected chi connectivity index (χ3v) is 4.57. The molecule has 5 nitrogen and oxygen atoms in total. The fourth-order valence-electron chi connectivity index (χ4n) is 3.45. The molecule has 4 rings (SSSR count). The number of aromatic nitrogens is 3. The number of benzene rings is 1. The molecule has 0 fully saturated rings. The molecule has 0 bridgehead atoms. The average molecular weight is 295 g/mol. The lowest BCUT2D eigenvalue weighted by Crippen LogP contribution is -2.25. The van der Waals surface area contributed by atoms with Crippen molar-refractivity contribution in [3.63, 3.8) is 0 Å². The molecule has 1 aliphatic rings. The number of aromatic amines is 1. The number of aliphatic hydroxyl groups excluding tert-OH is 1. The van der Waals surface area contributed by atoms with Crippen LogP contribution in [-0.2, 0) is 13.5 Å². The molecule has 2 atom stereocenters. The molecule has 0 unspecified atom stereocenters. The number of fused-ring (bicyclic) bond motifs is 2. The van der Waals surface area contributed by atoms with Gasteiger partial charge in [-0.1, -0.05) is 18.2 Å². The van der Waals surface area contributed by atoms with Gasteiger partial charge in [0, 0.05) is 42.0 Å². The predicted molar refractivity (Wildman–Crippen MR) is 82.6 cm³/mol. The number of carbonyl (C=O) groups excluding carboxylic acids is 1. The molecule has 0 amide bonds. The normalized spacial score (nSPS) is 21.0. The Morgan fingerprint density at radius 2 is 2.23 bits per heavy atom. The fourth-order valence-corrected chi connectivity index (χ4v) is 3.45. The number of para-hydroxylation sites is 1. The molecule has 2 aromatic heterocycles. The Bertz CT molecular complexity index is 862. The van der Waals surface area contributed by atoms with Crippen LogP contribution in [0.25, 0.3) is 10.9 Å². The van der Waals surface area contributed by atoms with Crippen LogP contribution >= 0.6 is 0 Å². The first-order chi connectivity index (χ1) is 10.6. The first-order valence-corrected chi connectivity index (χ1v) is 7.43. The minimum Gasteiger partial charge on any atom is -0.387 e. The van der Waals surface area contributed by atoms with E-state index in [-0.39, 0.29) is 11.7 Å². The van der Waals surface area contributed by atoms with Crippen molar-refractivity contribution in [2.24, 2.45) is 13.0 Å². The Kier molecular flexibility index (Phi) is 2.90. The smallest absolute Gasteiger partial charge is 0.168 e. The van der Waals surface area contributed by atoms with Crippen molar-refractivity contribution in [3.05, 3.63) is 53.7 Å². The summed E-state index contributed by atoms with van der Waals surface area (Å²) in [5.74, 6) is -0.138. The van der Waals surface area contributed by atoms with Crippen molar-refractivity contribution in [1.29, 1.82) is 0 Å². The van der Waals surface area contributed by atoms with E-state index in [0.717, 1.165) is 27.9 Å². The Morgan fingerprint density at radius 3 is 3.09 bits per heavy atom. The molecule has 0 spiro atoms. The maximum absolute atomic E-state index is 12.9. The zero-order valence-electron chi connectivity index (χ0n) is 12.3. The Labute approximate surface area is 127 Å². The molecule has 0 saturated carbocycles. The molecule has 1 aromatic carbocycles. The fraction of sp³-hybridized carbons (Fsp3) is 0.294. The number of ketones is 1. The molecule has 5 heteroatoms. The molecule has 22 heavy (non-hydrogen) atoms. The first-order valence-electron chi connectivity index (χ1n) is 7.43. The largest absolute Gasteiger partial charge is 0.387 e. The monoisotopic (exact) mass is 295 g/mol. The quantitative estimate of drug-likeness (QED) is 0.713. The van der Waals surface area contributed by atoms with Gasteiger partial charge in [0.2, 0.25) is 0 Å². The number of aliphatic hydroxyl groups is 1. The highest BCUT2D eigenvalue weighted by Gasteiger charge is 2.33. The van der Waals surface area contributed by atoms with E-state index in [1.165, 1.54) is 0 Å². The second-order valence-electron chi connectivity index (χ2n) is 5.95. The zero-order valence-corrected chi connectivity index (χ0v) is 12.3. The van der Waals surface area contributed by atoms with E-state index in [9.17, 15) is 9.90 Å². The minimum absolute atomic E-state index is 0.0875. The number of carbonyl (C=O) groups is 1. The minimum atomic E-state index is -0.643. The van der Waals surface area contributed by atoms with Gasteiger partial charge in [0.05, 0.1) is 23.8 Å². The van der Waals surface area contributed by atoms with Crippen LogP contribution in [-0.4, -0.2) is 25.4 Å². The number of Topliss-reactive ketones (excluding diaryl/α,β-unsaturated/α-hetero) is 1. The lowest BCUT2D eigenvalue weighted by molar-refractivity contribution is 0.0797. The Balaban J connectivity index is 1.73. The molecule has 2 N–H and O–H groups in total. The van der Waals surface area contributed by atoms with Crippen molar-refractivity contribution >= 4 is 16.7 Å². The highest BCUT2D eigenvalue weighted by Crippen LogP contribution is 2.34. The number of rotatable bonds is 2. The van der Waals surface area contributed by atoms with E-state index in [1.54, 1.807) is 6.33 Å². The lowest BCUT2D eigenvalue weighted by atomic mass is 9.83. The lowest BCUT2D eigenvalue weighted by Gasteiger charge is -2.24. The number of imidazole rings is 1. The van der Waals surface area contributed by atoms with E-state index in [2.05, 4.69) is 9.97 Å². The van der Waals surface area contributed by atoms with E-state index in [1.807, 2.05) is 42.1 Å². The van der Waals surface area contributed by atoms with Crippen LogP contribution in [0.2, 0.25) is 0 Å². The van der Waals surface area contributed by atoms with E-state index in [0.29, 0.717) is 12.8 Å². The molecule has 2 heterocycles. The van der Waals surface area contributed by atoms with Gasteiger partial charge in [0.15, 0.2) is 5.78 Å². The van der Waals surface area contributed by atoms with Crippen molar-refractivity contribution in [3.8, 4) is 0 Å². The van der Waals surface area contributed by atoms with Crippen LogP contribution in [0.4, 0.5) is 0 Å². The number of nitrogens with zero attached hydrogens (tertiary/aromatic N) is 2. The van der Waals surface area contributed by atoms with Gasteiger partial charge in [-0.05, 0) is 12.5 Å². The van der Waals surface area contributed by atoms with Gasteiger partial charge in [-0.25, -0.2) is 4.98 Å². The molecule has 112 valence electrons. The van der Waals surface area contributed by atoms with Crippen LogP contribution in [0.15, 0.2) is 36.8 Å². The maximum atomic E-state index is 12.9. The van der Waals surface area contributed by atoms with Crippen molar-refractivity contribution in [1.82, 2.24) is 14.5 Å². The second kappa shape index (κ2) is 4.81. The van der Waals surface area contributed by atoms with E-state index < -0.39 is 6.10 Å². The summed E-state index contributed by atoms with van der Waals surface area (Å²) < 4.78 is 1.97. The number of hydrogen-bond donors (Lipinski definition) is 2. The summed E-state index contributed by atoms with van der Waals surface area (Å²) in [6.07, 6.45) is 3.85. The van der Waals surface area contributed by atoms with Crippen molar-refractivity contribution < 1.29 is 9.90 Å². The highest BCUT2D eigenvalue weighted by molar-refractivity contribution is 6.09. The second-order valence-corrected chi connectivity index (χ2v) is 5.95. The van der Waals surface area contributed by atoms with Gasteiger partial charge >= 0.3 is 0 Å². The summed E-state index contributed by atoms with van der Waals surface area (Å²) in [4.78, 5) is 20.1. The predicted octanol–water partition coefficient (Wildman–Crippen LogP) is 2.38. The average Bonchev–Trinajstić information content (AvgIpc) is 3.12. The molecule has 0 aliphatic heterocycles. The van der Waals surface area contributed by atoms with Crippen LogP contribution in [0.3, 0.4) is 0 Å². The van der Waals surface area contributed by atoms with Crippen LogP contribution < -0.4 is 0 Å². The highest BCUT2D eigenvalue weighted by atomic mass is 16.3. The Morgan fingerprint density at radius 1 is 1.41 bits per heavy atom. The maximum Gasteiger partial charge on any atom is 0.168 e. The van der Waals surface area contributed by atoms with Gasteiger partial charge < -0.3 is 14.7 Å². The van der Waals surface area contributed by atoms with Gasteiger partial charge in [-0.3, -0.25) is 4.79 Å². The van der Waals surface area contributed by atoms with Crippen molar-refractivity contribution in [2.75, 3.05) is 0 Å². The summed E-state index contributed by atoms with van der Waals surface area (Å²) in [7, 11) is 1.95. The van der Waals surface area contributed by atoms with Gasteiger partial charge in [0.1, 0.15) is 0 Å². The summed E-state index contributed by atoms with van der Waals surface area (Å²) >= 11 is 0. The number of H-pyrrole nitrogens is 1. The van der Waals surface area contributed by atoms with Gasteiger partial charge in [0.25, 0.3) is 0 Å². The molecular weight excluding hydrogens is 278 g/mol. The first kappa shape index (κ1) is 13.3. The molecule has 0 radical (unpaired) electrons. The summed E-state index contributed by atoms with van der Waals surface area (Å²) in [6, 6.07) is 7.90. The van der Waals surface area contributed by atoms with E-state index >= 15 is 0 Å². The van der Waals surface area contributed by atoms with Gasteiger partial charge in [-0.2, -0.15) is 0 Å². The summed E-state index contributed by atoms with van der Waals surface area (Å²) in [6.45, 7) is 0. The topological polar surface area (TPSA) is 70.9 Å². The van der Waals surface area contributed by atoms with Crippen LogP contribution in [0.1, 0.15) is 34.3 Å².